The van der Waals surface area contributed by atoms with Crippen molar-refractivity contribution in [2.75, 3.05) is 6.54 Å². The smallest absolute Gasteiger partial charge is 0.251 e. The molecule has 0 fully saturated rings. The quantitative estimate of drug-likeness (QED) is 0.750. The fourth-order valence-electron chi connectivity index (χ4n) is 2.18. The molecule has 0 aliphatic rings. The number of aromatic nitrogens is 3. The van der Waals surface area contributed by atoms with Crippen LogP contribution in [0.4, 0.5) is 0 Å². The molecule has 0 radical (unpaired) electrons. The Morgan fingerprint density at radius 2 is 2.00 bits per heavy atom. The Balaban J connectivity index is 1.55. The highest BCUT2D eigenvalue weighted by molar-refractivity contribution is 9.10. The lowest BCUT2D eigenvalue weighted by molar-refractivity contribution is 0.0952. The summed E-state index contributed by atoms with van der Waals surface area (Å²) in [6.45, 7) is 1.13. The molecule has 0 saturated carbocycles. The van der Waals surface area contributed by atoms with Crippen molar-refractivity contribution in [3.63, 3.8) is 0 Å². The van der Waals surface area contributed by atoms with E-state index < -0.39 is 0 Å². The molecule has 5 nitrogen and oxygen atoms in total. The molecule has 0 aliphatic heterocycles. The zero-order valence-corrected chi connectivity index (χ0v) is 13.9. The van der Waals surface area contributed by atoms with Crippen LogP contribution in [-0.2, 0) is 6.54 Å². The average molecular weight is 371 g/mol. The normalized spacial score (nSPS) is 10.5. The van der Waals surface area contributed by atoms with Crippen molar-refractivity contribution in [1.82, 2.24) is 20.1 Å². The Morgan fingerprint density at radius 3 is 2.78 bits per heavy atom. The van der Waals surface area contributed by atoms with Gasteiger partial charge in [0, 0.05) is 40.7 Å². The summed E-state index contributed by atoms with van der Waals surface area (Å²) >= 11 is 3.36. The van der Waals surface area contributed by atoms with Gasteiger partial charge in [-0.15, -0.1) is 0 Å². The molecule has 1 amide bonds. The van der Waals surface area contributed by atoms with Gasteiger partial charge in [-0.05, 0) is 36.4 Å². The number of hydrogen-bond donors (Lipinski definition) is 1. The molecule has 1 aromatic carbocycles. The maximum absolute atomic E-state index is 12.0. The lowest BCUT2D eigenvalue weighted by Crippen LogP contribution is -2.27. The second-order valence-corrected chi connectivity index (χ2v) is 5.88. The molecule has 0 bridgehead atoms. The maximum atomic E-state index is 12.0. The summed E-state index contributed by atoms with van der Waals surface area (Å²) < 4.78 is 2.70. The second-order valence-electron chi connectivity index (χ2n) is 4.97. The van der Waals surface area contributed by atoms with Gasteiger partial charge in [-0.25, -0.2) is 0 Å². The maximum Gasteiger partial charge on any atom is 0.251 e. The van der Waals surface area contributed by atoms with E-state index in [-0.39, 0.29) is 5.91 Å². The van der Waals surface area contributed by atoms with Crippen LogP contribution >= 0.6 is 15.9 Å². The van der Waals surface area contributed by atoms with E-state index in [0.717, 1.165) is 15.7 Å². The fraction of sp³-hybridized carbons (Fsp3) is 0.118. The number of nitrogens with one attached hydrogen (secondary N) is 1. The van der Waals surface area contributed by atoms with Gasteiger partial charge in [-0.3, -0.25) is 14.5 Å². The Morgan fingerprint density at radius 1 is 1.17 bits per heavy atom. The van der Waals surface area contributed by atoms with Crippen molar-refractivity contribution >= 4 is 21.8 Å². The summed E-state index contributed by atoms with van der Waals surface area (Å²) in [7, 11) is 0. The first-order valence-electron chi connectivity index (χ1n) is 7.20. The minimum atomic E-state index is -0.0900. The van der Waals surface area contributed by atoms with Crippen LogP contribution in [0.25, 0.3) is 11.3 Å². The summed E-state index contributed by atoms with van der Waals surface area (Å²) in [5, 5.41) is 7.39. The first kappa shape index (κ1) is 15.4. The SMILES string of the molecule is O=C(NCCn1ccc(-c2ccncc2)n1)c1cccc(Br)c1. The van der Waals surface area contributed by atoms with E-state index in [0.29, 0.717) is 18.7 Å². The topological polar surface area (TPSA) is 59.8 Å². The Bertz CT molecular complexity index is 801. The highest BCUT2D eigenvalue weighted by atomic mass is 79.9. The second kappa shape index (κ2) is 7.19. The van der Waals surface area contributed by atoms with Crippen LogP contribution < -0.4 is 5.32 Å². The molecule has 0 atom stereocenters. The molecule has 0 spiro atoms. The predicted molar refractivity (Wildman–Crippen MR) is 91.9 cm³/mol. The minimum absolute atomic E-state index is 0.0900. The summed E-state index contributed by atoms with van der Waals surface area (Å²) in [6, 6.07) is 13.1. The van der Waals surface area contributed by atoms with Crippen LogP contribution in [-0.4, -0.2) is 27.2 Å². The van der Waals surface area contributed by atoms with Gasteiger partial charge in [0.25, 0.3) is 5.91 Å². The number of carbonyl (C=O) groups is 1. The number of halogens is 1. The van der Waals surface area contributed by atoms with E-state index in [4.69, 9.17) is 0 Å². The Hall–Kier alpha value is -2.47. The molecule has 1 N–H and O–H groups in total. The number of amides is 1. The van der Waals surface area contributed by atoms with Crippen LogP contribution in [0.2, 0.25) is 0 Å². The third-order valence-corrected chi connectivity index (χ3v) is 3.82. The third kappa shape index (κ3) is 4.04. The monoisotopic (exact) mass is 370 g/mol. The minimum Gasteiger partial charge on any atom is -0.350 e. The number of nitrogens with zero attached hydrogens (tertiary/aromatic N) is 3. The van der Waals surface area contributed by atoms with E-state index in [1.54, 1.807) is 24.5 Å². The highest BCUT2D eigenvalue weighted by Gasteiger charge is 2.06. The van der Waals surface area contributed by atoms with Crippen LogP contribution in [0.5, 0.6) is 0 Å². The summed E-state index contributed by atoms with van der Waals surface area (Å²) in [5.41, 5.74) is 2.56. The molecule has 0 unspecified atom stereocenters. The number of carbonyl (C=O) groups excluding carboxylic acids is 1. The number of rotatable bonds is 5. The van der Waals surface area contributed by atoms with Crippen LogP contribution in [0, 0.1) is 0 Å². The zero-order chi connectivity index (χ0) is 16.1. The van der Waals surface area contributed by atoms with Crippen LogP contribution in [0.15, 0.2) is 65.5 Å². The summed E-state index contributed by atoms with van der Waals surface area (Å²) in [6.07, 6.45) is 5.39. The van der Waals surface area contributed by atoms with Gasteiger partial charge in [0.1, 0.15) is 0 Å². The zero-order valence-electron chi connectivity index (χ0n) is 12.3. The van der Waals surface area contributed by atoms with Crippen LogP contribution in [0.3, 0.4) is 0 Å². The highest BCUT2D eigenvalue weighted by Crippen LogP contribution is 2.15. The lowest BCUT2D eigenvalue weighted by atomic mass is 10.2. The first-order valence-corrected chi connectivity index (χ1v) is 7.99. The molecule has 116 valence electrons. The average Bonchev–Trinajstić information content (AvgIpc) is 3.04. The summed E-state index contributed by atoms with van der Waals surface area (Å²) in [4.78, 5) is 16.0. The van der Waals surface area contributed by atoms with Gasteiger partial charge in [0.15, 0.2) is 0 Å². The van der Waals surface area contributed by atoms with Gasteiger partial charge < -0.3 is 5.32 Å². The van der Waals surface area contributed by atoms with Crippen LogP contribution in [0.1, 0.15) is 10.4 Å². The first-order chi connectivity index (χ1) is 11.2. The number of pyridine rings is 1. The molecule has 3 aromatic rings. The Kier molecular flexibility index (Phi) is 4.83. The van der Waals surface area contributed by atoms with Crippen molar-refractivity contribution in [2.45, 2.75) is 6.54 Å². The van der Waals surface area contributed by atoms with Crippen molar-refractivity contribution in [3.8, 4) is 11.3 Å². The van der Waals surface area contributed by atoms with Gasteiger partial charge in [0.05, 0.1) is 12.2 Å². The van der Waals surface area contributed by atoms with Gasteiger partial charge in [0.2, 0.25) is 0 Å². The van der Waals surface area contributed by atoms with E-state index >= 15 is 0 Å². The lowest BCUT2D eigenvalue weighted by Gasteiger charge is -2.06. The van der Waals surface area contributed by atoms with E-state index in [9.17, 15) is 4.79 Å². The summed E-state index contributed by atoms with van der Waals surface area (Å²) in [5.74, 6) is -0.0900. The van der Waals surface area contributed by atoms with E-state index in [1.807, 2.05) is 41.2 Å². The molecule has 6 heteroatoms. The van der Waals surface area contributed by atoms with Crippen molar-refractivity contribution in [2.24, 2.45) is 0 Å². The standard InChI is InChI=1S/C17H15BrN4O/c18-15-3-1-2-14(12-15)17(23)20-9-11-22-10-6-16(21-22)13-4-7-19-8-5-13/h1-8,10,12H,9,11H2,(H,20,23). The van der Waals surface area contributed by atoms with Crippen molar-refractivity contribution < 1.29 is 4.79 Å². The number of hydrogen-bond acceptors (Lipinski definition) is 3. The van der Waals surface area contributed by atoms with Crippen molar-refractivity contribution in [1.29, 1.82) is 0 Å². The van der Waals surface area contributed by atoms with E-state index in [1.165, 1.54) is 0 Å². The molecule has 3 rings (SSSR count). The van der Waals surface area contributed by atoms with Crippen molar-refractivity contribution in [3.05, 3.63) is 71.1 Å². The molecule has 0 saturated heterocycles. The van der Waals surface area contributed by atoms with Gasteiger partial charge in [-0.2, -0.15) is 5.10 Å². The molecular weight excluding hydrogens is 356 g/mol. The largest absolute Gasteiger partial charge is 0.350 e. The number of benzene rings is 1. The third-order valence-electron chi connectivity index (χ3n) is 3.33. The van der Waals surface area contributed by atoms with Gasteiger partial charge >= 0.3 is 0 Å². The molecule has 23 heavy (non-hydrogen) atoms. The fourth-order valence-corrected chi connectivity index (χ4v) is 2.58. The molecular formula is C17H15BrN4O. The van der Waals surface area contributed by atoms with E-state index in [2.05, 4.69) is 31.3 Å². The molecule has 2 aromatic heterocycles. The molecule has 0 aliphatic carbocycles. The Labute approximate surface area is 142 Å². The molecule has 2 heterocycles. The van der Waals surface area contributed by atoms with Gasteiger partial charge in [-0.1, -0.05) is 22.0 Å². The predicted octanol–water partition coefficient (Wildman–Crippen LogP) is 3.14.